The summed E-state index contributed by atoms with van der Waals surface area (Å²) >= 11 is 0. The molecule has 0 amide bonds. The van der Waals surface area contributed by atoms with E-state index in [2.05, 4.69) is 50.9 Å². The van der Waals surface area contributed by atoms with E-state index in [0.29, 0.717) is 0 Å². The number of benzene rings is 1. The summed E-state index contributed by atoms with van der Waals surface area (Å²) in [5.74, 6) is 0.804. The molecule has 0 aliphatic heterocycles. The molecule has 18 heavy (non-hydrogen) atoms. The van der Waals surface area contributed by atoms with E-state index in [0.717, 1.165) is 12.5 Å². The Morgan fingerprint density at radius 3 is 2.39 bits per heavy atom. The molecular formula is C17H27N. The summed E-state index contributed by atoms with van der Waals surface area (Å²) in [7, 11) is 0. The van der Waals surface area contributed by atoms with Crippen LogP contribution >= 0.6 is 0 Å². The van der Waals surface area contributed by atoms with Crippen molar-refractivity contribution in [3.8, 4) is 0 Å². The normalized spacial score (nSPS) is 10.7. The first-order chi connectivity index (χ1) is 8.71. The molecule has 0 atom stereocenters. The molecule has 0 aliphatic rings. The van der Waals surface area contributed by atoms with Gasteiger partial charge < -0.3 is 5.32 Å². The predicted octanol–water partition coefficient (Wildman–Crippen LogP) is 5.27. The van der Waals surface area contributed by atoms with E-state index >= 15 is 0 Å². The van der Waals surface area contributed by atoms with E-state index in [1.165, 1.54) is 42.5 Å². The van der Waals surface area contributed by atoms with Crippen LogP contribution in [0.25, 0.3) is 6.08 Å². The van der Waals surface area contributed by atoms with Crippen molar-refractivity contribution in [2.24, 2.45) is 5.92 Å². The van der Waals surface area contributed by atoms with Crippen LogP contribution in [-0.4, -0.2) is 6.54 Å². The van der Waals surface area contributed by atoms with E-state index in [9.17, 15) is 0 Å². The highest BCUT2D eigenvalue weighted by Crippen LogP contribution is 2.20. The monoisotopic (exact) mass is 245 g/mol. The summed E-state index contributed by atoms with van der Waals surface area (Å²) in [6.45, 7) is 11.6. The van der Waals surface area contributed by atoms with Gasteiger partial charge in [0.25, 0.3) is 0 Å². The topological polar surface area (TPSA) is 12.0 Å². The van der Waals surface area contributed by atoms with Crippen molar-refractivity contribution in [3.63, 3.8) is 0 Å². The standard InChI is InChI=1S/C17H27N/c1-5-8-16(9-6-2)13-18-17-11-10-15(7-3)12-14(17)4/h7,10-12,16,18H,3,5-6,8-9,13H2,1-2,4H3. The van der Waals surface area contributed by atoms with Gasteiger partial charge in [0, 0.05) is 12.2 Å². The highest BCUT2D eigenvalue weighted by molar-refractivity contribution is 5.58. The van der Waals surface area contributed by atoms with Crippen LogP contribution in [-0.2, 0) is 0 Å². The Kier molecular flexibility index (Phi) is 6.56. The van der Waals surface area contributed by atoms with Gasteiger partial charge in [-0.1, -0.05) is 51.5 Å². The van der Waals surface area contributed by atoms with Gasteiger partial charge in [0.15, 0.2) is 0 Å². The van der Waals surface area contributed by atoms with Crippen LogP contribution in [0.3, 0.4) is 0 Å². The van der Waals surface area contributed by atoms with Crippen molar-refractivity contribution in [3.05, 3.63) is 35.9 Å². The van der Waals surface area contributed by atoms with Gasteiger partial charge in [-0.25, -0.2) is 0 Å². The quantitative estimate of drug-likeness (QED) is 0.658. The molecule has 1 aromatic carbocycles. The molecular weight excluding hydrogens is 218 g/mol. The second-order valence-electron chi connectivity index (χ2n) is 5.10. The predicted molar refractivity (Wildman–Crippen MR) is 83.1 cm³/mol. The van der Waals surface area contributed by atoms with Gasteiger partial charge in [-0.15, -0.1) is 0 Å². The number of nitrogens with one attached hydrogen (secondary N) is 1. The Balaban J connectivity index is 2.58. The van der Waals surface area contributed by atoms with Gasteiger partial charge in [0.1, 0.15) is 0 Å². The van der Waals surface area contributed by atoms with Crippen molar-refractivity contribution in [2.75, 3.05) is 11.9 Å². The van der Waals surface area contributed by atoms with E-state index in [-0.39, 0.29) is 0 Å². The van der Waals surface area contributed by atoms with Gasteiger partial charge in [-0.3, -0.25) is 0 Å². The Labute approximate surface area is 112 Å². The molecule has 0 saturated heterocycles. The zero-order valence-corrected chi connectivity index (χ0v) is 12.1. The minimum absolute atomic E-state index is 0.804. The molecule has 0 radical (unpaired) electrons. The molecule has 0 fully saturated rings. The summed E-state index contributed by atoms with van der Waals surface area (Å²) in [4.78, 5) is 0. The first kappa shape index (κ1) is 14.8. The molecule has 1 heteroatoms. The zero-order chi connectivity index (χ0) is 13.4. The number of rotatable bonds is 8. The van der Waals surface area contributed by atoms with Crippen molar-refractivity contribution >= 4 is 11.8 Å². The van der Waals surface area contributed by atoms with Crippen LogP contribution in [0, 0.1) is 12.8 Å². The third-order valence-corrected chi connectivity index (χ3v) is 3.46. The highest BCUT2D eigenvalue weighted by atomic mass is 14.9. The third kappa shape index (κ3) is 4.56. The average Bonchev–Trinajstić information content (AvgIpc) is 2.37. The third-order valence-electron chi connectivity index (χ3n) is 3.46. The Morgan fingerprint density at radius 2 is 1.89 bits per heavy atom. The SMILES string of the molecule is C=Cc1ccc(NCC(CCC)CCC)c(C)c1. The highest BCUT2D eigenvalue weighted by Gasteiger charge is 2.07. The van der Waals surface area contributed by atoms with Gasteiger partial charge in [-0.2, -0.15) is 0 Å². The van der Waals surface area contributed by atoms with Crippen LogP contribution in [0.4, 0.5) is 5.69 Å². The van der Waals surface area contributed by atoms with Crippen molar-refractivity contribution in [1.29, 1.82) is 0 Å². The number of hydrogen-bond donors (Lipinski definition) is 1. The molecule has 1 N–H and O–H groups in total. The molecule has 0 saturated carbocycles. The molecule has 0 unspecified atom stereocenters. The van der Waals surface area contributed by atoms with Gasteiger partial charge in [-0.05, 0) is 42.9 Å². The molecule has 100 valence electrons. The summed E-state index contributed by atoms with van der Waals surface area (Å²) in [5, 5.41) is 3.60. The van der Waals surface area contributed by atoms with Gasteiger partial charge in [0.05, 0.1) is 0 Å². The lowest BCUT2D eigenvalue weighted by Crippen LogP contribution is -2.14. The summed E-state index contributed by atoms with van der Waals surface area (Å²) in [5.41, 5.74) is 3.76. The molecule has 0 bridgehead atoms. The molecule has 1 aromatic rings. The van der Waals surface area contributed by atoms with Crippen LogP contribution in [0.1, 0.15) is 50.7 Å². The number of anilines is 1. The van der Waals surface area contributed by atoms with Crippen molar-refractivity contribution in [1.82, 2.24) is 0 Å². The van der Waals surface area contributed by atoms with Crippen molar-refractivity contribution < 1.29 is 0 Å². The lowest BCUT2D eigenvalue weighted by Gasteiger charge is -2.18. The van der Waals surface area contributed by atoms with E-state index < -0.39 is 0 Å². The first-order valence-electron chi connectivity index (χ1n) is 7.18. The number of hydrogen-bond acceptors (Lipinski definition) is 1. The average molecular weight is 245 g/mol. The fourth-order valence-corrected chi connectivity index (χ4v) is 2.43. The Hall–Kier alpha value is -1.24. The fraction of sp³-hybridized carbons (Fsp3) is 0.529. The smallest absolute Gasteiger partial charge is 0.0370 e. The van der Waals surface area contributed by atoms with Gasteiger partial charge in [0.2, 0.25) is 0 Å². The summed E-state index contributed by atoms with van der Waals surface area (Å²) in [6, 6.07) is 6.47. The molecule has 1 rings (SSSR count). The molecule has 0 heterocycles. The van der Waals surface area contributed by atoms with Crippen LogP contribution < -0.4 is 5.32 Å². The van der Waals surface area contributed by atoms with E-state index in [4.69, 9.17) is 0 Å². The Bertz CT molecular complexity index is 362. The van der Waals surface area contributed by atoms with E-state index in [1.807, 2.05) is 6.08 Å². The Morgan fingerprint density at radius 1 is 1.22 bits per heavy atom. The maximum atomic E-state index is 3.80. The summed E-state index contributed by atoms with van der Waals surface area (Å²) < 4.78 is 0. The second-order valence-corrected chi connectivity index (χ2v) is 5.10. The minimum Gasteiger partial charge on any atom is -0.385 e. The maximum Gasteiger partial charge on any atom is 0.0370 e. The first-order valence-corrected chi connectivity index (χ1v) is 7.18. The zero-order valence-electron chi connectivity index (χ0n) is 12.1. The molecule has 0 aliphatic carbocycles. The molecule has 0 aromatic heterocycles. The van der Waals surface area contributed by atoms with Crippen LogP contribution in [0.2, 0.25) is 0 Å². The lowest BCUT2D eigenvalue weighted by molar-refractivity contribution is 0.461. The molecule has 0 spiro atoms. The minimum atomic E-state index is 0.804. The summed E-state index contributed by atoms with van der Waals surface area (Å²) in [6.07, 6.45) is 7.10. The fourth-order valence-electron chi connectivity index (χ4n) is 2.43. The van der Waals surface area contributed by atoms with Crippen LogP contribution in [0.5, 0.6) is 0 Å². The lowest BCUT2D eigenvalue weighted by atomic mass is 9.98. The second kappa shape index (κ2) is 7.97. The molecule has 1 nitrogen and oxygen atoms in total. The number of aryl methyl sites for hydroxylation is 1. The van der Waals surface area contributed by atoms with E-state index in [1.54, 1.807) is 0 Å². The van der Waals surface area contributed by atoms with Crippen LogP contribution in [0.15, 0.2) is 24.8 Å². The van der Waals surface area contributed by atoms with Crippen molar-refractivity contribution in [2.45, 2.75) is 46.5 Å². The maximum absolute atomic E-state index is 3.80. The van der Waals surface area contributed by atoms with Gasteiger partial charge >= 0.3 is 0 Å². The largest absolute Gasteiger partial charge is 0.385 e.